The minimum atomic E-state index is 0.495. The summed E-state index contributed by atoms with van der Waals surface area (Å²) in [7, 11) is 1.82. The third-order valence-corrected chi connectivity index (χ3v) is 5.13. The van der Waals surface area contributed by atoms with Crippen LogP contribution in [-0.2, 0) is 4.74 Å². The van der Waals surface area contributed by atoms with E-state index in [0.717, 1.165) is 32.1 Å². The topological polar surface area (TPSA) is 45.7 Å². The van der Waals surface area contributed by atoms with Gasteiger partial charge < -0.3 is 15.4 Å². The largest absolute Gasteiger partial charge is 0.378 e. The van der Waals surface area contributed by atoms with Crippen molar-refractivity contribution in [1.82, 2.24) is 10.6 Å². The molecule has 4 nitrogen and oxygen atoms in total. The van der Waals surface area contributed by atoms with E-state index in [4.69, 9.17) is 4.74 Å². The fourth-order valence-electron chi connectivity index (χ4n) is 2.90. The second-order valence-corrected chi connectivity index (χ2v) is 7.10. The summed E-state index contributed by atoms with van der Waals surface area (Å²) in [6.45, 7) is 4.88. The first kappa shape index (κ1) is 18.3. The molecule has 5 heteroatoms. The third-order valence-electron chi connectivity index (χ3n) is 4.43. The maximum Gasteiger partial charge on any atom is 0.190 e. The molecule has 0 bridgehead atoms. The number of nitrogens with zero attached hydrogens (tertiary/aromatic N) is 1. The molecule has 1 atom stereocenters. The number of aliphatic imine (C=N–C) groups is 1. The lowest BCUT2D eigenvalue weighted by molar-refractivity contribution is 0.0277. The van der Waals surface area contributed by atoms with Gasteiger partial charge in [-0.3, -0.25) is 4.99 Å². The van der Waals surface area contributed by atoms with Crippen molar-refractivity contribution in [3.05, 3.63) is 22.4 Å². The lowest BCUT2D eigenvalue weighted by Gasteiger charge is -2.22. The van der Waals surface area contributed by atoms with E-state index in [1.54, 1.807) is 11.3 Å². The molecule has 1 aromatic rings. The number of thiophene rings is 1. The Morgan fingerprint density at radius 1 is 1.35 bits per heavy atom. The van der Waals surface area contributed by atoms with Crippen molar-refractivity contribution in [3.8, 4) is 0 Å². The summed E-state index contributed by atoms with van der Waals surface area (Å²) in [6.07, 6.45) is 8.08. The molecule has 1 saturated carbocycles. The number of hydrogen-bond acceptors (Lipinski definition) is 3. The molecule has 0 spiro atoms. The maximum atomic E-state index is 5.95. The summed E-state index contributed by atoms with van der Waals surface area (Å²) in [4.78, 5) is 4.29. The minimum absolute atomic E-state index is 0.495. The van der Waals surface area contributed by atoms with Gasteiger partial charge in [-0.05, 0) is 47.6 Å². The first-order valence-electron chi connectivity index (χ1n) is 8.88. The standard InChI is InChI=1S/C18H31N3OS/c1-15(16-9-12-23-14-16)13-21-18(19-2)20-10-6-11-22-17-7-4-3-5-8-17/h9,12,14-15,17H,3-8,10-11,13H2,1-2H3,(H2,19,20,21). The molecule has 1 unspecified atom stereocenters. The fourth-order valence-corrected chi connectivity index (χ4v) is 3.69. The molecule has 0 radical (unpaired) electrons. The second-order valence-electron chi connectivity index (χ2n) is 6.32. The van der Waals surface area contributed by atoms with Crippen molar-refractivity contribution >= 4 is 17.3 Å². The van der Waals surface area contributed by atoms with Crippen molar-refractivity contribution in [2.45, 2.75) is 57.5 Å². The van der Waals surface area contributed by atoms with Gasteiger partial charge in [0.1, 0.15) is 0 Å². The van der Waals surface area contributed by atoms with Crippen LogP contribution in [0.25, 0.3) is 0 Å². The summed E-state index contributed by atoms with van der Waals surface area (Å²) < 4.78 is 5.95. The molecular weight excluding hydrogens is 306 g/mol. The van der Waals surface area contributed by atoms with Crippen molar-refractivity contribution in [2.75, 3.05) is 26.7 Å². The molecule has 0 aliphatic heterocycles. The minimum Gasteiger partial charge on any atom is -0.378 e. The fraction of sp³-hybridized carbons (Fsp3) is 0.722. The van der Waals surface area contributed by atoms with Crippen LogP contribution < -0.4 is 10.6 Å². The van der Waals surface area contributed by atoms with Gasteiger partial charge in [-0.15, -0.1) is 0 Å². The molecule has 1 aliphatic carbocycles. The van der Waals surface area contributed by atoms with Gasteiger partial charge in [0.25, 0.3) is 0 Å². The quantitative estimate of drug-likeness (QED) is 0.431. The Labute approximate surface area is 144 Å². The summed E-state index contributed by atoms with van der Waals surface area (Å²) in [5.41, 5.74) is 1.39. The molecule has 2 rings (SSSR count). The van der Waals surface area contributed by atoms with Crippen molar-refractivity contribution in [3.63, 3.8) is 0 Å². The van der Waals surface area contributed by atoms with Gasteiger partial charge in [0.05, 0.1) is 6.10 Å². The van der Waals surface area contributed by atoms with E-state index < -0.39 is 0 Å². The molecule has 2 N–H and O–H groups in total. The lowest BCUT2D eigenvalue weighted by Crippen LogP contribution is -2.39. The normalized spacial score (nSPS) is 17.9. The Morgan fingerprint density at radius 3 is 2.87 bits per heavy atom. The first-order valence-corrected chi connectivity index (χ1v) is 9.82. The summed E-state index contributed by atoms with van der Waals surface area (Å²) in [6, 6.07) is 2.19. The lowest BCUT2D eigenvalue weighted by atomic mass is 9.98. The molecule has 1 aromatic heterocycles. The van der Waals surface area contributed by atoms with Crippen molar-refractivity contribution in [2.24, 2.45) is 4.99 Å². The highest BCUT2D eigenvalue weighted by atomic mass is 32.1. The monoisotopic (exact) mass is 337 g/mol. The summed E-state index contributed by atoms with van der Waals surface area (Å²) in [5.74, 6) is 1.37. The molecule has 0 aromatic carbocycles. The van der Waals surface area contributed by atoms with Gasteiger partial charge in [0.15, 0.2) is 5.96 Å². The van der Waals surface area contributed by atoms with Crippen LogP contribution in [0.2, 0.25) is 0 Å². The van der Waals surface area contributed by atoms with E-state index in [0.29, 0.717) is 12.0 Å². The van der Waals surface area contributed by atoms with E-state index in [-0.39, 0.29) is 0 Å². The van der Waals surface area contributed by atoms with Crippen molar-refractivity contribution < 1.29 is 4.74 Å². The molecule has 130 valence electrons. The number of rotatable bonds is 8. The number of guanidine groups is 1. The van der Waals surface area contributed by atoms with Crippen LogP contribution in [0, 0.1) is 0 Å². The van der Waals surface area contributed by atoms with Crippen LogP contribution in [-0.4, -0.2) is 38.8 Å². The summed E-state index contributed by atoms with van der Waals surface area (Å²) >= 11 is 1.75. The van der Waals surface area contributed by atoms with Crippen LogP contribution in [0.15, 0.2) is 21.8 Å². The van der Waals surface area contributed by atoms with Crippen LogP contribution >= 0.6 is 11.3 Å². The van der Waals surface area contributed by atoms with Gasteiger partial charge >= 0.3 is 0 Å². The van der Waals surface area contributed by atoms with E-state index in [2.05, 4.69) is 39.4 Å². The molecule has 1 aliphatic rings. The van der Waals surface area contributed by atoms with Crippen LogP contribution in [0.5, 0.6) is 0 Å². The zero-order valence-electron chi connectivity index (χ0n) is 14.5. The Balaban J connectivity index is 1.54. The van der Waals surface area contributed by atoms with Gasteiger partial charge in [-0.25, -0.2) is 0 Å². The Hall–Kier alpha value is -1.07. The third kappa shape index (κ3) is 6.92. The SMILES string of the molecule is CN=C(NCCCOC1CCCCC1)NCC(C)c1ccsc1. The average Bonchev–Trinajstić information content (AvgIpc) is 3.12. The van der Waals surface area contributed by atoms with Gasteiger partial charge in [0, 0.05) is 26.7 Å². The van der Waals surface area contributed by atoms with E-state index in [1.165, 1.54) is 37.7 Å². The molecule has 23 heavy (non-hydrogen) atoms. The number of hydrogen-bond donors (Lipinski definition) is 2. The molecule has 0 amide bonds. The molecular formula is C18H31N3OS. The van der Waals surface area contributed by atoms with Gasteiger partial charge in [0.2, 0.25) is 0 Å². The van der Waals surface area contributed by atoms with Crippen LogP contribution in [0.1, 0.15) is 56.9 Å². The first-order chi connectivity index (χ1) is 11.3. The number of ether oxygens (including phenoxy) is 1. The highest BCUT2D eigenvalue weighted by molar-refractivity contribution is 7.07. The zero-order chi connectivity index (χ0) is 16.3. The summed E-state index contributed by atoms with van der Waals surface area (Å²) in [5, 5.41) is 11.1. The van der Waals surface area contributed by atoms with E-state index >= 15 is 0 Å². The van der Waals surface area contributed by atoms with Gasteiger partial charge in [-0.2, -0.15) is 11.3 Å². The van der Waals surface area contributed by atoms with Crippen molar-refractivity contribution in [1.29, 1.82) is 0 Å². The Kier molecular flexibility index (Phi) is 8.47. The highest BCUT2D eigenvalue weighted by Crippen LogP contribution is 2.20. The Bertz CT molecular complexity index is 441. The number of nitrogens with one attached hydrogen (secondary N) is 2. The van der Waals surface area contributed by atoms with E-state index in [9.17, 15) is 0 Å². The predicted octanol–water partition coefficient (Wildman–Crippen LogP) is 3.76. The van der Waals surface area contributed by atoms with Gasteiger partial charge in [-0.1, -0.05) is 26.2 Å². The molecule has 0 saturated heterocycles. The average molecular weight is 338 g/mol. The zero-order valence-corrected chi connectivity index (χ0v) is 15.3. The highest BCUT2D eigenvalue weighted by Gasteiger charge is 2.13. The molecule has 1 fully saturated rings. The smallest absolute Gasteiger partial charge is 0.190 e. The Morgan fingerprint density at radius 2 is 2.17 bits per heavy atom. The predicted molar refractivity (Wildman–Crippen MR) is 99.5 cm³/mol. The van der Waals surface area contributed by atoms with E-state index in [1.807, 2.05) is 7.05 Å². The second kappa shape index (κ2) is 10.7. The van der Waals surface area contributed by atoms with Crippen LogP contribution in [0.4, 0.5) is 0 Å². The molecule has 1 heterocycles. The van der Waals surface area contributed by atoms with Crippen LogP contribution in [0.3, 0.4) is 0 Å². The maximum absolute atomic E-state index is 5.95.